The minimum Gasteiger partial charge on any atom is -0.454 e. The standard InChI is InChI=1S/C26H21N3O3/c30-24(10-7-17-4-3-12-27-15-17)29-13-11-20-19-5-1-2-6-21(19)28-25(20)26(29)18-8-9-22-23(14-18)32-16-31-22/h1-10,12,14-15,21,28H,11,13,16H2/b10-7+. The largest absolute Gasteiger partial charge is 0.454 e. The SMILES string of the molecule is O=C(/C=C/c1cccnc1)N1CCC2=C3C=CC=CC3NC2=C1c1ccc2c(c1)OCO2. The normalized spacial score (nSPS) is 20.6. The molecule has 4 aliphatic rings. The van der Waals surface area contributed by atoms with E-state index in [0.29, 0.717) is 12.3 Å². The van der Waals surface area contributed by atoms with Gasteiger partial charge in [-0.1, -0.05) is 30.4 Å². The van der Waals surface area contributed by atoms with Crippen LogP contribution < -0.4 is 14.8 Å². The second-order valence-corrected chi connectivity index (χ2v) is 7.95. The first-order valence-corrected chi connectivity index (χ1v) is 10.7. The summed E-state index contributed by atoms with van der Waals surface area (Å²) in [7, 11) is 0. The highest BCUT2D eigenvalue weighted by Gasteiger charge is 2.36. The highest BCUT2D eigenvalue weighted by atomic mass is 16.7. The number of carbonyl (C=O) groups excluding carboxylic acids is 1. The van der Waals surface area contributed by atoms with Crippen LogP contribution >= 0.6 is 0 Å². The fourth-order valence-corrected chi connectivity index (χ4v) is 4.59. The molecule has 1 aromatic carbocycles. The average Bonchev–Trinajstić information content (AvgIpc) is 3.46. The summed E-state index contributed by atoms with van der Waals surface area (Å²) in [4.78, 5) is 19.3. The molecule has 6 heteroatoms. The molecule has 1 atom stereocenters. The smallest absolute Gasteiger partial charge is 0.251 e. The van der Waals surface area contributed by atoms with Gasteiger partial charge in [-0.05, 0) is 53.5 Å². The third kappa shape index (κ3) is 3.12. The molecule has 6 rings (SSSR count). The molecule has 6 nitrogen and oxygen atoms in total. The summed E-state index contributed by atoms with van der Waals surface area (Å²) in [5.74, 6) is 1.35. The maximum absolute atomic E-state index is 13.3. The van der Waals surface area contributed by atoms with Gasteiger partial charge in [0.1, 0.15) is 0 Å². The highest BCUT2D eigenvalue weighted by Crippen LogP contribution is 2.42. The van der Waals surface area contributed by atoms with Gasteiger partial charge in [-0.2, -0.15) is 0 Å². The molecular formula is C26H21N3O3. The summed E-state index contributed by atoms with van der Waals surface area (Å²) in [5.41, 5.74) is 6.23. The lowest BCUT2D eigenvalue weighted by Crippen LogP contribution is -2.35. The summed E-state index contributed by atoms with van der Waals surface area (Å²) in [6.07, 6.45) is 16.1. The summed E-state index contributed by atoms with van der Waals surface area (Å²) < 4.78 is 11.1. The van der Waals surface area contributed by atoms with Gasteiger partial charge in [-0.3, -0.25) is 9.78 Å². The fraction of sp³-hybridized carbons (Fsp3) is 0.154. The van der Waals surface area contributed by atoms with Crippen molar-refractivity contribution in [2.45, 2.75) is 12.5 Å². The minimum atomic E-state index is -0.0687. The van der Waals surface area contributed by atoms with Gasteiger partial charge in [0.25, 0.3) is 5.91 Å². The number of hydrogen-bond acceptors (Lipinski definition) is 5. The third-order valence-electron chi connectivity index (χ3n) is 6.08. The Morgan fingerprint density at radius 1 is 1.19 bits per heavy atom. The van der Waals surface area contributed by atoms with Gasteiger partial charge >= 0.3 is 0 Å². The monoisotopic (exact) mass is 423 g/mol. The highest BCUT2D eigenvalue weighted by molar-refractivity contribution is 5.99. The average molecular weight is 423 g/mol. The summed E-state index contributed by atoms with van der Waals surface area (Å²) >= 11 is 0. The van der Waals surface area contributed by atoms with Gasteiger partial charge in [-0.25, -0.2) is 0 Å². The van der Waals surface area contributed by atoms with E-state index in [1.807, 2.05) is 35.2 Å². The molecule has 32 heavy (non-hydrogen) atoms. The second-order valence-electron chi connectivity index (χ2n) is 7.95. The number of rotatable bonds is 3. The van der Waals surface area contributed by atoms with Crippen LogP contribution in [0.4, 0.5) is 0 Å². The van der Waals surface area contributed by atoms with E-state index in [0.717, 1.165) is 34.7 Å². The van der Waals surface area contributed by atoms with E-state index in [-0.39, 0.29) is 18.7 Å². The number of aromatic nitrogens is 1. The number of amides is 1. The molecule has 158 valence electrons. The van der Waals surface area contributed by atoms with Gasteiger partial charge in [-0.15, -0.1) is 0 Å². The van der Waals surface area contributed by atoms with Crippen LogP contribution in [0.25, 0.3) is 11.8 Å². The van der Waals surface area contributed by atoms with Gasteiger partial charge in [0, 0.05) is 30.6 Å². The topological polar surface area (TPSA) is 63.7 Å². The lowest BCUT2D eigenvalue weighted by atomic mass is 9.93. The Morgan fingerprint density at radius 2 is 2.12 bits per heavy atom. The number of pyridine rings is 1. The van der Waals surface area contributed by atoms with Crippen LogP contribution in [0.15, 0.2) is 89.9 Å². The van der Waals surface area contributed by atoms with E-state index in [9.17, 15) is 4.79 Å². The molecule has 3 aliphatic heterocycles. The summed E-state index contributed by atoms with van der Waals surface area (Å²) in [5, 5.41) is 3.64. The van der Waals surface area contributed by atoms with Gasteiger partial charge in [0.05, 0.1) is 17.4 Å². The van der Waals surface area contributed by atoms with Crippen LogP contribution in [0.5, 0.6) is 11.5 Å². The first-order valence-electron chi connectivity index (χ1n) is 10.7. The molecule has 4 heterocycles. The molecule has 1 amide bonds. The number of nitrogens with zero attached hydrogens (tertiary/aromatic N) is 2. The lowest BCUT2D eigenvalue weighted by molar-refractivity contribution is -0.123. The number of allylic oxidation sites excluding steroid dienone is 3. The maximum Gasteiger partial charge on any atom is 0.251 e. The van der Waals surface area contributed by atoms with Crippen LogP contribution in [-0.4, -0.2) is 35.2 Å². The molecule has 2 aromatic rings. The molecule has 0 saturated heterocycles. The van der Waals surface area contributed by atoms with E-state index < -0.39 is 0 Å². The van der Waals surface area contributed by atoms with Crippen molar-refractivity contribution in [3.63, 3.8) is 0 Å². The van der Waals surface area contributed by atoms with E-state index in [1.54, 1.807) is 24.5 Å². The Hall–Kier alpha value is -4.06. The van der Waals surface area contributed by atoms with Crippen LogP contribution in [0.2, 0.25) is 0 Å². The second kappa shape index (κ2) is 7.57. The van der Waals surface area contributed by atoms with Crippen molar-refractivity contribution in [1.29, 1.82) is 0 Å². The van der Waals surface area contributed by atoms with E-state index in [4.69, 9.17) is 9.47 Å². The van der Waals surface area contributed by atoms with Crippen molar-refractivity contribution >= 4 is 17.7 Å². The van der Waals surface area contributed by atoms with Crippen molar-refractivity contribution < 1.29 is 14.3 Å². The Balaban J connectivity index is 1.44. The Labute approximate surface area is 185 Å². The summed E-state index contributed by atoms with van der Waals surface area (Å²) in [6.45, 7) is 0.820. The number of nitrogens with one attached hydrogen (secondary N) is 1. The number of benzene rings is 1. The lowest BCUT2D eigenvalue weighted by Gasteiger charge is -2.32. The van der Waals surface area contributed by atoms with E-state index in [1.165, 1.54) is 11.1 Å². The number of fused-ring (bicyclic) bond motifs is 3. The zero-order valence-corrected chi connectivity index (χ0v) is 17.3. The van der Waals surface area contributed by atoms with Gasteiger partial charge in [0.2, 0.25) is 6.79 Å². The Morgan fingerprint density at radius 3 is 3.03 bits per heavy atom. The Bertz CT molecular complexity index is 1250. The minimum absolute atomic E-state index is 0.0687. The van der Waals surface area contributed by atoms with Gasteiger partial charge < -0.3 is 19.7 Å². The Kier molecular flexibility index (Phi) is 4.42. The quantitative estimate of drug-likeness (QED) is 0.761. The molecule has 1 aromatic heterocycles. The van der Waals surface area contributed by atoms with Crippen LogP contribution in [0.1, 0.15) is 17.5 Å². The molecule has 1 N–H and O–H groups in total. The number of hydrogen-bond donors (Lipinski definition) is 1. The van der Waals surface area contributed by atoms with Crippen LogP contribution in [0, 0.1) is 0 Å². The molecule has 0 saturated carbocycles. The van der Waals surface area contributed by atoms with Crippen molar-refractivity contribution in [1.82, 2.24) is 15.2 Å². The zero-order chi connectivity index (χ0) is 21.5. The molecule has 0 bridgehead atoms. The fourth-order valence-electron chi connectivity index (χ4n) is 4.59. The van der Waals surface area contributed by atoms with E-state index >= 15 is 0 Å². The zero-order valence-electron chi connectivity index (χ0n) is 17.3. The van der Waals surface area contributed by atoms with E-state index in [2.05, 4.69) is 34.6 Å². The summed E-state index contributed by atoms with van der Waals surface area (Å²) in [6, 6.07) is 9.77. The maximum atomic E-state index is 13.3. The molecule has 0 fully saturated rings. The van der Waals surface area contributed by atoms with Crippen LogP contribution in [-0.2, 0) is 4.79 Å². The first-order chi connectivity index (χ1) is 15.8. The van der Waals surface area contributed by atoms with Crippen molar-refractivity contribution in [3.8, 4) is 11.5 Å². The van der Waals surface area contributed by atoms with Crippen molar-refractivity contribution in [3.05, 3.63) is 101 Å². The molecule has 0 spiro atoms. The van der Waals surface area contributed by atoms with Crippen molar-refractivity contribution in [2.75, 3.05) is 13.3 Å². The molecule has 1 unspecified atom stereocenters. The first kappa shape index (κ1) is 18.7. The van der Waals surface area contributed by atoms with Crippen molar-refractivity contribution in [2.24, 2.45) is 0 Å². The number of carbonyl (C=O) groups is 1. The number of ether oxygens (including phenoxy) is 2. The predicted octanol–water partition coefficient (Wildman–Crippen LogP) is 3.82. The van der Waals surface area contributed by atoms with Crippen LogP contribution in [0.3, 0.4) is 0 Å². The molecule has 0 radical (unpaired) electrons. The molecule has 1 aliphatic carbocycles. The third-order valence-corrected chi connectivity index (χ3v) is 6.08. The molecular weight excluding hydrogens is 402 g/mol. The predicted molar refractivity (Wildman–Crippen MR) is 121 cm³/mol. The van der Waals surface area contributed by atoms with Gasteiger partial charge in [0.15, 0.2) is 11.5 Å².